The second-order valence-electron chi connectivity index (χ2n) is 7.34. The van der Waals surface area contributed by atoms with Crippen LogP contribution < -0.4 is 10.2 Å². The number of carbonyl (C=O) groups is 2. The summed E-state index contributed by atoms with van der Waals surface area (Å²) in [5.74, 6) is 0.685. The first-order valence-electron chi connectivity index (χ1n) is 10.2. The molecule has 0 unspecified atom stereocenters. The molecule has 0 atom stereocenters. The van der Waals surface area contributed by atoms with Crippen molar-refractivity contribution < 1.29 is 18.7 Å². The van der Waals surface area contributed by atoms with Crippen molar-refractivity contribution in [2.45, 2.75) is 6.92 Å². The number of anilines is 2. The number of allylic oxidation sites excluding steroid dienone is 1. The highest BCUT2D eigenvalue weighted by Crippen LogP contribution is 2.28. The Hall–Kier alpha value is -3.00. The summed E-state index contributed by atoms with van der Waals surface area (Å²) in [6.07, 6.45) is 0. The van der Waals surface area contributed by atoms with E-state index in [1.165, 1.54) is 23.9 Å². The molecule has 1 N–H and O–H groups in total. The van der Waals surface area contributed by atoms with Crippen LogP contribution in [0.25, 0.3) is 0 Å². The number of ether oxygens (including phenoxy) is 1. The lowest BCUT2D eigenvalue weighted by molar-refractivity contribution is -0.112. The molecule has 0 aliphatic carbocycles. The first-order chi connectivity index (χ1) is 15.0. The Balaban J connectivity index is 1.44. The Morgan fingerprint density at radius 1 is 1.03 bits per heavy atom. The van der Waals surface area contributed by atoms with E-state index < -0.39 is 0 Å². The summed E-state index contributed by atoms with van der Waals surface area (Å²) < 4.78 is 18.6. The van der Waals surface area contributed by atoms with E-state index >= 15 is 0 Å². The van der Waals surface area contributed by atoms with Crippen molar-refractivity contribution in [1.29, 1.82) is 0 Å². The number of benzene rings is 2. The van der Waals surface area contributed by atoms with Gasteiger partial charge in [0.2, 0.25) is 0 Å². The zero-order valence-corrected chi connectivity index (χ0v) is 18.1. The second kappa shape index (κ2) is 9.43. The standard InChI is InChI=1S/C23H24FN3O3S/c1-16-21(31-15-14-30-16)22(28)25-20-5-3-2-4-19(20)23(29)27-12-10-26(11-13-27)18-8-6-17(24)7-9-18/h2-9H,10-15H2,1H3,(H,25,28). The summed E-state index contributed by atoms with van der Waals surface area (Å²) in [7, 11) is 0. The zero-order valence-electron chi connectivity index (χ0n) is 17.3. The fourth-order valence-corrected chi connectivity index (χ4v) is 4.49. The number of rotatable bonds is 4. The van der Waals surface area contributed by atoms with Gasteiger partial charge >= 0.3 is 0 Å². The minimum absolute atomic E-state index is 0.118. The van der Waals surface area contributed by atoms with E-state index in [4.69, 9.17) is 4.74 Å². The van der Waals surface area contributed by atoms with Gasteiger partial charge in [-0.05, 0) is 43.3 Å². The molecule has 1 fully saturated rings. The summed E-state index contributed by atoms with van der Waals surface area (Å²) in [5, 5.41) is 2.88. The lowest BCUT2D eigenvalue weighted by Gasteiger charge is -2.36. The maximum absolute atomic E-state index is 13.2. The Kier molecular flexibility index (Phi) is 6.46. The molecule has 2 amide bonds. The Bertz CT molecular complexity index is 1000. The van der Waals surface area contributed by atoms with Crippen LogP contribution >= 0.6 is 11.8 Å². The van der Waals surface area contributed by atoms with Gasteiger partial charge in [0.15, 0.2) is 0 Å². The Morgan fingerprint density at radius 3 is 2.45 bits per heavy atom. The molecule has 0 spiro atoms. The smallest absolute Gasteiger partial charge is 0.265 e. The monoisotopic (exact) mass is 441 g/mol. The number of thioether (sulfide) groups is 1. The third kappa shape index (κ3) is 4.85. The molecule has 1 saturated heterocycles. The van der Waals surface area contributed by atoms with Crippen molar-refractivity contribution in [1.82, 2.24) is 4.90 Å². The summed E-state index contributed by atoms with van der Waals surface area (Å²) in [6.45, 7) is 4.78. The lowest BCUT2D eigenvalue weighted by atomic mass is 10.1. The highest BCUT2D eigenvalue weighted by Gasteiger charge is 2.25. The first-order valence-corrected chi connectivity index (χ1v) is 11.2. The number of halogens is 1. The average Bonchev–Trinajstić information content (AvgIpc) is 2.80. The van der Waals surface area contributed by atoms with Gasteiger partial charge in [0, 0.05) is 37.6 Å². The number of nitrogens with zero attached hydrogens (tertiary/aromatic N) is 2. The summed E-state index contributed by atoms with van der Waals surface area (Å²) >= 11 is 1.46. The molecule has 2 heterocycles. The van der Waals surface area contributed by atoms with Crippen molar-refractivity contribution in [2.24, 2.45) is 0 Å². The van der Waals surface area contributed by atoms with Crippen LogP contribution in [0.3, 0.4) is 0 Å². The molecule has 2 aromatic carbocycles. The van der Waals surface area contributed by atoms with Gasteiger partial charge in [-0.15, -0.1) is 11.8 Å². The van der Waals surface area contributed by atoms with E-state index in [2.05, 4.69) is 10.2 Å². The molecule has 0 radical (unpaired) electrons. The quantitative estimate of drug-likeness (QED) is 0.784. The van der Waals surface area contributed by atoms with E-state index in [0.717, 1.165) is 11.4 Å². The minimum Gasteiger partial charge on any atom is -0.496 e. The number of hydrogen-bond acceptors (Lipinski definition) is 5. The zero-order chi connectivity index (χ0) is 21.8. The first kappa shape index (κ1) is 21.2. The topological polar surface area (TPSA) is 61.9 Å². The van der Waals surface area contributed by atoms with Crippen LogP contribution in [0.2, 0.25) is 0 Å². The Morgan fingerprint density at radius 2 is 1.74 bits per heavy atom. The molecule has 31 heavy (non-hydrogen) atoms. The third-order valence-electron chi connectivity index (χ3n) is 5.34. The highest BCUT2D eigenvalue weighted by molar-refractivity contribution is 8.04. The van der Waals surface area contributed by atoms with Gasteiger partial charge in [-0.2, -0.15) is 0 Å². The van der Waals surface area contributed by atoms with E-state index in [1.54, 1.807) is 48.2 Å². The summed E-state index contributed by atoms with van der Waals surface area (Å²) in [4.78, 5) is 30.4. The van der Waals surface area contributed by atoms with Crippen LogP contribution in [-0.2, 0) is 9.53 Å². The number of para-hydroxylation sites is 1. The lowest BCUT2D eigenvalue weighted by Crippen LogP contribution is -2.49. The molecule has 2 aliphatic heterocycles. The maximum Gasteiger partial charge on any atom is 0.265 e. The average molecular weight is 442 g/mol. The van der Waals surface area contributed by atoms with Gasteiger partial charge in [0.1, 0.15) is 16.5 Å². The van der Waals surface area contributed by atoms with Crippen LogP contribution in [0.4, 0.5) is 15.8 Å². The molecule has 0 saturated carbocycles. The van der Waals surface area contributed by atoms with Crippen molar-refractivity contribution >= 4 is 35.0 Å². The van der Waals surface area contributed by atoms with Gasteiger partial charge in [-0.25, -0.2) is 4.39 Å². The molecule has 2 aliphatic rings. The number of nitrogens with one attached hydrogen (secondary N) is 1. The second-order valence-corrected chi connectivity index (χ2v) is 8.44. The minimum atomic E-state index is -0.264. The van der Waals surface area contributed by atoms with Gasteiger partial charge in [0.05, 0.1) is 17.9 Å². The molecule has 4 rings (SSSR count). The predicted octanol–water partition coefficient (Wildman–Crippen LogP) is 3.72. The van der Waals surface area contributed by atoms with E-state index in [0.29, 0.717) is 54.7 Å². The van der Waals surface area contributed by atoms with Gasteiger partial charge in [-0.1, -0.05) is 12.1 Å². The fourth-order valence-electron chi connectivity index (χ4n) is 3.68. The molecule has 0 aromatic heterocycles. The number of piperazine rings is 1. The van der Waals surface area contributed by atoms with E-state index in [-0.39, 0.29) is 17.6 Å². The largest absolute Gasteiger partial charge is 0.496 e. The van der Waals surface area contributed by atoms with Crippen LogP contribution in [0, 0.1) is 5.82 Å². The van der Waals surface area contributed by atoms with Crippen LogP contribution in [-0.4, -0.2) is 55.3 Å². The van der Waals surface area contributed by atoms with Crippen molar-refractivity contribution in [3.05, 3.63) is 70.6 Å². The molecular formula is C23H24FN3O3S. The van der Waals surface area contributed by atoms with Crippen molar-refractivity contribution in [3.63, 3.8) is 0 Å². The molecule has 6 nitrogen and oxygen atoms in total. The maximum atomic E-state index is 13.2. The van der Waals surface area contributed by atoms with E-state index in [9.17, 15) is 14.0 Å². The third-order valence-corrected chi connectivity index (χ3v) is 6.47. The van der Waals surface area contributed by atoms with E-state index in [1.807, 2.05) is 0 Å². The van der Waals surface area contributed by atoms with Crippen LogP contribution in [0.1, 0.15) is 17.3 Å². The van der Waals surface area contributed by atoms with Crippen LogP contribution in [0.5, 0.6) is 0 Å². The van der Waals surface area contributed by atoms with Gasteiger partial charge < -0.3 is 19.9 Å². The van der Waals surface area contributed by atoms with Crippen molar-refractivity contribution in [3.8, 4) is 0 Å². The number of amides is 2. The molecular weight excluding hydrogens is 417 g/mol. The van der Waals surface area contributed by atoms with Crippen LogP contribution in [0.15, 0.2) is 59.2 Å². The SMILES string of the molecule is CC1=C(C(=O)Nc2ccccc2C(=O)N2CCN(c3ccc(F)cc3)CC2)SCCO1. The van der Waals surface area contributed by atoms with Crippen molar-refractivity contribution in [2.75, 3.05) is 48.8 Å². The highest BCUT2D eigenvalue weighted by atomic mass is 32.2. The normalized spacial score (nSPS) is 16.7. The molecule has 0 bridgehead atoms. The van der Waals surface area contributed by atoms with Gasteiger partial charge in [0.25, 0.3) is 11.8 Å². The summed E-state index contributed by atoms with van der Waals surface area (Å²) in [6, 6.07) is 13.4. The molecule has 8 heteroatoms. The molecule has 162 valence electrons. The predicted molar refractivity (Wildman–Crippen MR) is 121 cm³/mol. The number of hydrogen-bond donors (Lipinski definition) is 1. The Labute approximate surface area is 185 Å². The fraction of sp³-hybridized carbons (Fsp3) is 0.304. The molecule has 2 aromatic rings. The van der Waals surface area contributed by atoms with Gasteiger partial charge in [-0.3, -0.25) is 9.59 Å². The number of carbonyl (C=O) groups excluding carboxylic acids is 2. The summed E-state index contributed by atoms with van der Waals surface area (Å²) in [5.41, 5.74) is 1.90.